The zero-order valence-electron chi connectivity index (χ0n) is 13.8. The summed E-state index contributed by atoms with van der Waals surface area (Å²) in [7, 11) is 1.83. The molecule has 0 radical (unpaired) electrons. The van der Waals surface area contributed by atoms with Crippen LogP contribution in [-0.4, -0.2) is 24.4 Å². The maximum atomic E-state index is 12.3. The summed E-state index contributed by atoms with van der Waals surface area (Å²) in [5, 5.41) is 0.787. The van der Waals surface area contributed by atoms with Crippen molar-refractivity contribution in [3.05, 3.63) is 58.5 Å². The molecular formula is C19H22ClNO2. The lowest BCUT2D eigenvalue weighted by Crippen LogP contribution is -2.28. The summed E-state index contributed by atoms with van der Waals surface area (Å²) >= 11 is 6.19. The Morgan fingerprint density at radius 3 is 2.74 bits per heavy atom. The van der Waals surface area contributed by atoms with Gasteiger partial charge >= 0.3 is 0 Å². The molecule has 0 saturated heterocycles. The Kier molecular flexibility index (Phi) is 4.49. The van der Waals surface area contributed by atoms with Crippen LogP contribution in [0.25, 0.3) is 0 Å². The summed E-state index contributed by atoms with van der Waals surface area (Å²) in [6, 6.07) is 9.65. The largest absolute Gasteiger partial charge is 0.459 e. The van der Waals surface area contributed by atoms with E-state index in [1.807, 2.05) is 13.1 Å². The molecule has 1 aromatic heterocycles. The number of halogens is 1. The Balaban J connectivity index is 1.71. The van der Waals surface area contributed by atoms with Gasteiger partial charge in [-0.1, -0.05) is 31.5 Å². The van der Waals surface area contributed by atoms with Crippen LogP contribution in [-0.2, 0) is 0 Å². The fourth-order valence-corrected chi connectivity index (χ4v) is 3.82. The van der Waals surface area contributed by atoms with Gasteiger partial charge in [-0.3, -0.25) is 4.79 Å². The number of hydrogen-bond acceptors (Lipinski definition) is 2. The fourth-order valence-electron chi connectivity index (χ4n) is 3.64. The van der Waals surface area contributed by atoms with Crippen LogP contribution < -0.4 is 0 Å². The molecule has 2 unspecified atom stereocenters. The number of rotatable bonds is 4. The molecular weight excluding hydrogens is 310 g/mol. The Labute approximate surface area is 142 Å². The van der Waals surface area contributed by atoms with Crippen LogP contribution in [0.15, 0.2) is 41.0 Å². The van der Waals surface area contributed by atoms with Crippen LogP contribution in [0.4, 0.5) is 0 Å². The third-order valence-corrected chi connectivity index (χ3v) is 5.45. The van der Waals surface area contributed by atoms with Gasteiger partial charge in [0.05, 0.1) is 6.26 Å². The quantitative estimate of drug-likeness (QED) is 0.795. The van der Waals surface area contributed by atoms with Crippen LogP contribution in [0.5, 0.6) is 0 Å². The number of hydrogen-bond donors (Lipinski definition) is 0. The maximum absolute atomic E-state index is 12.3. The number of carbonyl (C=O) groups excluding carboxylic acids is 1. The van der Waals surface area contributed by atoms with E-state index in [4.69, 9.17) is 16.0 Å². The van der Waals surface area contributed by atoms with Crippen molar-refractivity contribution >= 4 is 17.5 Å². The average Bonchev–Trinajstić information content (AvgIpc) is 3.14. The lowest BCUT2D eigenvalue weighted by Gasteiger charge is -2.23. The predicted octanol–water partition coefficient (Wildman–Crippen LogP) is 4.93. The van der Waals surface area contributed by atoms with Gasteiger partial charge in [0.1, 0.15) is 0 Å². The first-order valence-electron chi connectivity index (χ1n) is 8.07. The van der Waals surface area contributed by atoms with Crippen molar-refractivity contribution in [1.29, 1.82) is 0 Å². The van der Waals surface area contributed by atoms with Crippen molar-refractivity contribution in [1.82, 2.24) is 4.90 Å². The topological polar surface area (TPSA) is 33.5 Å². The minimum absolute atomic E-state index is 0.0694. The van der Waals surface area contributed by atoms with Gasteiger partial charge < -0.3 is 9.32 Å². The Morgan fingerprint density at radius 2 is 2.04 bits per heavy atom. The molecule has 1 amide bonds. The standard InChI is InChI=1S/C19H22ClNO2/c1-12-13(2)16(17-11-14(20)6-7-15(12)17)8-9-21(3)19(22)18-5-4-10-23-18/h4-7,10-13,16H,8-9H2,1-3H3/t12?,13-,16?/m1/s1. The van der Waals surface area contributed by atoms with Crippen LogP contribution in [0.2, 0.25) is 5.02 Å². The molecule has 1 aliphatic carbocycles. The number of carbonyl (C=O) groups is 1. The highest BCUT2D eigenvalue weighted by molar-refractivity contribution is 6.30. The van der Waals surface area contributed by atoms with E-state index in [1.54, 1.807) is 17.0 Å². The maximum Gasteiger partial charge on any atom is 0.289 e. The van der Waals surface area contributed by atoms with Crippen LogP contribution in [0.1, 0.15) is 53.8 Å². The second-order valence-corrected chi connectivity index (χ2v) is 6.96. The number of benzene rings is 1. The molecule has 3 rings (SSSR count). The Morgan fingerprint density at radius 1 is 1.26 bits per heavy atom. The van der Waals surface area contributed by atoms with Crippen molar-refractivity contribution in [2.75, 3.05) is 13.6 Å². The summed E-state index contributed by atoms with van der Waals surface area (Å²) in [5.74, 6) is 1.84. The molecule has 0 saturated carbocycles. The van der Waals surface area contributed by atoms with Crippen molar-refractivity contribution < 1.29 is 9.21 Å². The van der Waals surface area contributed by atoms with E-state index >= 15 is 0 Å². The van der Waals surface area contributed by atoms with E-state index in [0.29, 0.717) is 30.1 Å². The fraction of sp³-hybridized carbons (Fsp3) is 0.421. The zero-order valence-corrected chi connectivity index (χ0v) is 14.5. The summed E-state index contributed by atoms with van der Waals surface area (Å²) in [5.41, 5.74) is 2.74. The lowest BCUT2D eigenvalue weighted by atomic mass is 9.87. The second-order valence-electron chi connectivity index (χ2n) is 6.52. The molecule has 0 bridgehead atoms. The second kappa shape index (κ2) is 6.40. The highest BCUT2D eigenvalue weighted by Gasteiger charge is 2.35. The van der Waals surface area contributed by atoms with Crippen molar-refractivity contribution in [3.63, 3.8) is 0 Å². The van der Waals surface area contributed by atoms with Gasteiger partial charge in [-0.25, -0.2) is 0 Å². The third kappa shape index (κ3) is 3.02. The number of furan rings is 1. The molecule has 23 heavy (non-hydrogen) atoms. The van der Waals surface area contributed by atoms with Gasteiger partial charge in [-0.2, -0.15) is 0 Å². The number of fused-ring (bicyclic) bond motifs is 1. The molecule has 0 N–H and O–H groups in total. The first-order chi connectivity index (χ1) is 11.0. The highest BCUT2D eigenvalue weighted by Crippen LogP contribution is 2.48. The average molecular weight is 332 g/mol. The summed E-state index contributed by atoms with van der Waals surface area (Å²) < 4.78 is 5.19. The molecule has 3 atom stereocenters. The molecule has 0 fully saturated rings. The van der Waals surface area contributed by atoms with E-state index < -0.39 is 0 Å². The minimum atomic E-state index is -0.0694. The molecule has 122 valence electrons. The molecule has 2 aromatic rings. The highest BCUT2D eigenvalue weighted by atomic mass is 35.5. The van der Waals surface area contributed by atoms with Crippen molar-refractivity contribution in [2.45, 2.75) is 32.1 Å². The van der Waals surface area contributed by atoms with Gasteiger partial charge in [0.15, 0.2) is 5.76 Å². The number of nitrogens with zero attached hydrogens (tertiary/aromatic N) is 1. The lowest BCUT2D eigenvalue weighted by molar-refractivity contribution is 0.0757. The van der Waals surface area contributed by atoms with E-state index in [-0.39, 0.29) is 5.91 Å². The van der Waals surface area contributed by atoms with E-state index in [1.165, 1.54) is 17.4 Å². The monoisotopic (exact) mass is 331 g/mol. The van der Waals surface area contributed by atoms with Crippen LogP contribution in [0, 0.1) is 5.92 Å². The zero-order chi connectivity index (χ0) is 16.6. The Hall–Kier alpha value is -1.74. The molecule has 3 nitrogen and oxygen atoms in total. The van der Waals surface area contributed by atoms with Crippen LogP contribution in [0.3, 0.4) is 0 Å². The first-order valence-corrected chi connectivity index (χ1v) is 8.45. The minimum Gasteiger partial charge on any atom is -0.459 e. The summed E-state index contributed by atoms with van der Waals surface area (Å²) in [6.07, 6.45) is 2.46. The van der Waals surface area contributed by atoms with Crippen LogP contribution >= 0.6 is 11.6 Å². The van der Waals surface area contributed by atoms with E-state index in [0.717, 1.165) is 11.4 Å². The molecule has 0 aliphatic heterocycles. The molecule has 1 aliphatic rings. The normalized spacial score (nSPS) is 22.9. The van der Waals surface area contributed by atoms with Gasteiger partial charge in [0.2, 0.25) is 0 Å². The van der Waals surface area contributed by atoms with Gasteiger partial charge in [-0.15, -0.1) is 0 Å². The smallest absolute Gasteiger partial charge is 0.289 e. The van der Waals surface area contributed by atoms with E-state index in [9.17, 15) is 4.79 Å². The summed E-state index contributed by atoms with van der Waals surface area (Å²) in [6.45, 7) is 5.26. The molecule has 0 spiro atoms. The van der Waals surface area contributed by atoms with E-state index in [2.05, 4.69) is 26.0 Å². The molecule has 1 heterocycles. The van der Waals surface area contributed by atoms with Gasteiger partial charge in [0, 0.05) is 18.6 Å². The third-order valence-electron chi connectivity index (χ3n) is 5.22. The predicted molar refractivity (Wildman–Crippen MR) is 92.1 cm³/mol. The molecule has 1 aromatic carbocycles. The van der Waals surface area contributed by atoms with Crippen molar-refractivity contribution in [3.8, 4) is 0 Å². The first kappa shape index (κ1) is 16.1. The van der Waals surface area contributed by atoms with Gasteiger partial charge in [0.25, 0.3) is 5.91 Å². The van der Waals surface area contributed by atoms with Gasteiger partial charge in [-0.05, 0) is 59.6 Å². The SMILES string of the molecule is CC1c2ccc(Cl)cc2C(CCN(C)C(=O)c2ccco2)[C@@H]1C. The number of amides is 1. The summed E-state index contributed by atoms with van der Waals surface area (Å²) in [4.78, 5) is 14.0. The van der Waals surface area contributed by atoms with Crippen molar-refractivity contribution in [2.24, 2.45) is 5.92 Å². The molecule has 4 heteroatoms. The Bertz CT molecular complexity index is 695.